The van der Waals surface area contributed by atoms with E-state index in [2.05, 4.69) is 203 Å². The van der Waals surface area contributed by atoms with Crippen LogP contribution in [0.25, 0.3) is 121 Å². The SMILES string of the molecule is c1ccc(-c2cc(-c3nc(-n4c5ccccc5c5cc6c7ccccc7n(-c7ccccc7)c6cc54)nc4ccccc34)cc3oc4cc5ccccc5cc4c23)cc1. The molecule has 0 amide bonds. The van der Waals surface area contributed by atoms with E-state index in [0.29, 0.717) is 5.95 Å². The molecule has 4 aromatic heterocycles. The molecule has 13 aromatic rings. The number of hydrogen-bond donors (Lipinski definition) is 0. The largest absolute Gasteiger partial charge is 0.456 e. The van der Waals surface area contributed by atoms with Gasteiger partial charge in [-0.1, -0.05) is 127 Å². The Morgan fingerprint density at radius 1 is 0.373 bits per heavy atom. The van der Waals surface area contributed by atoms with Crippen LogP contribution in [0.2, 0.25) is 0 Å². The fourth-order valence-corrected chi connectivity index (χ4v) is 9.46. The second kappa shape index (κ2) is 12.2. The van der Waals surface area contributed by atoms with Crippen LogP contribution in [0.15, 0.2) is 199 Å². The van der Waals surface area contributed by atoms with Crippen LogP contribution in [-0.2, 0) is 0 Å². The second-order valence-electron chi connectivity index (χ2n) is 15.4. The molecule has 59 heavy (non-hydrogen) atoms. The van der Waals surface area contributed by atoms with Crippen molar-refractivity contribution >= 4 is 87.2 Å². The van der Waals surface area contributed by atoms with Gasteiger partial charge in [-0.2, -0.15) is 0 Å². The van der Waals surface area contributed by atoms with Gasteiger partial charge in [-0.05, 0) is 88.6 Å². The van der Waals surface area contributed by atoms with Gasteiger partial charge in [-0.3, -0.25) is 4.57 Å². The smallest absolute Gasteiger partial charge is 0.235 e. The Morgan fingerprint density at radius 2 is 0.983 bits per heavy atom. The monoisotopic (exact) mass is 752 g/mol. The molecule has 13 rings (SSSR count). The Kier molecular flexibility index (Phi) is 6.66. The Balaban J connectivity index is 1.12. The van der Waals surface area contributed by atoms with E-state index < -0.39 is 0 Å². The van der Waals surface area contributed by atoms with Gasteiger partial charge in [0.25, 0.3) is 0 Å². The van der Waals surface area contributed by atoms with E-state index in [1.807, 2.05) is 0 Å². The zero-order valence-corrected chi connectivity index (χ0v) is 31.7. The summed E-state index contributed by atoms with van der Waals surface area (Å²) in [5.74, 6) is 0.615. The molecule has 0 N–H and O–H groups in total. The molecule has 5 heteroatoms. The van der Waals surface area contributed by atoms with E-state index in [1.54, 1.807) is 0 Å². The van der Waals surface area contributed by atoms with Crippen molar-refractivity contribution in [2.75, 3.05) is 0 Å². The van der Waals surface area contributed by atoms with Gasteiger partial charge >= 0.3 is 0 Å². The number of benzene rings is 9. The molecule has 0 aliphatic rings. The molecule has 0 aliphatic heterocycles. The molecule has 0 radical (unpaired) electrons. The first-order valence-electron chi connectivity index (χ1n) is 20.0. The molecule has 0 saturated heterocycles. The third kappa shape index (κ3) is 4.73. The lowest BCUT2D eigenvalue weighted by Gasteiger charge is -2.13. The zero-order valence-electron chi connectivity index (χ0n) is 31.7. The summed E-state index contributed by atoms with van der Waals surface area (Å²) in [7, 11) is 0. The van der Waals surface area contributed by atoms with E-state index in [9.17, 15) is 0 Å². The van der Waals surface area contributed by atoms with Crippen molar-refractivity contribution in [1.82, 2.24) is 19.1 Å². The predicted octanol–water partition coefficient (Wildman–Crippen LogP) is 14.2. The van der Waals surface area contributed by atoms with Gasteiger partial charge in [0.1, 0.15) is 11.2 Å². The van der Waals surface area contributed by atoms with Crippen LogP contribution in [0.1, 0.15) is 0 Å². The summed E-state index contributed by atoms with van der Waals surface area (Å²) in [6, 6.07) is 68.9. The van der Waals surface area contributed by atoms with E-state index in [4.69, 9.17) is 14.4 Å². The minimum absolute atomic E-state index is 0.615. The van der Waals surface area contributed by atoms with Gasteiger partial charge in [0.2, 0.25) is 5.95 Å². The van der Waals surface area contributed by atoms with Crippen LogP contribution in [0.3, 0.4) is 0 Å². The van der Waals surface area contributed by atoms with Gasteiger partial charge in [0, 0.05) is 49.0 Å². The maximum atomic E-state index is 6.78. The van der Waals surface area contributed by atoms with Crippen molar-refractivity contribution in [3.63, 3.8) is 0 Å². The highest BCUT2D eigenvalue weighted by atomic mass is 16.3. The normalized spacial score (nSPS) is 12.1. The summed E-state index contributed by atoms with van der Waals surface area (Å²) >= 11 is 0. The summed E-state index contributed by atoms with van der Waals surface area (Å²) in [4.78, 5) is 10.9. The molecule has 5 nitrogen and oxygen atoms in total. The van der Waals surface area contributed by atoms with Gasteiger partial charge in [-0.25, -0.2) is 9.97 Å². The first-order chi connectivity index (χ1) is 29.2. The van der Waals surface area contributed by atoms with Crippen molar-refractivity contribution < 1.29 is 4.42 Å². The quantitative estimate of drug-likeness (QED) is 0.180. The highest BCUT2D eigenvalue weighted by Crippen LogP contribution is 2.43. The number of furan rings is 1. The van der Waals surface area contributed by atoms with Crippen LogP contribution in [0.5, 0.6) is 0 Å². The fraction of sp³-hybridized carbons (Fsp3) is 0. The van der Waals surface area contributed by atoms with Crippen LogP contribution in [0, 0.1) is 0 Å². The second-order valence-corrected chi connectivity index (χ2v) is 15.4. The molecule has 0 saturated carbocycles. The Morgan fingerprint density at radius 3 is 1.75 bits per heavy atom. The molecule has 4 heterocycles. The Labute approximate surface area is 337 Å². The van der Waals surface area contributed by atoms with Gasteiger partial charge in [0.05, 0.1) is 33.3 Å². The van der Waals surface area contributed by atoms with Gasteiger partial charge in [0.15, 0.2) is 0 Å². The molecule has 0 fully saturated rings. The number of aromatic nitrogens is 4. The maximum absolute atomic E-state index is 6.78. The standard InChI is InChI=1S/C54H32N4O/c1-3-15-33(16-4-1)41-28-36(30-51-52(41)44-27-34-17-7-8-18-35(34)29-50(44)59-51)53-40-23-9-12-24-45(40)55-54(56-53)58-47-26-14-11-22-39(47)43-31-42-38-21-10-13-25-46(38)57(48(42)32-49(43)58)37-19-5-2-6-20-37/h1-32H. The minimum Gasteiger partial charge on any atom is -0.456 e. The molecule has 0 atom stereocenters. The van der Waals surface area contributed by atoms with Crippen LogP contribution in [-0.4, -0.2) is 19.1 Å². The van der Waals surface area contributed by atoms with Crippen LogP contribution < -0.4 is 0 Å². The fourth-order valence-electron chi connectivity index (χ4n) is 9.46. The molecular weight excluding hydrogens is 721 g/mol. The number of hydrogen-bond acceptors (Lipinski definition) is 3. The summed E-state index contributed by atoms with van der Waals surface area (Å²) in [5.41, 5.74) is 12.1. The average Bonchev–Trinajstić information content (AvgIpc) is 3.94. The highest BCUT2D eigenvalue weighted by Gasteiger charge is 2.22. The molecule has 0 bridgehead atoms. The molecule has 0 aliphatic carbocycles. The van der Waals surface area contributed by atoms with E-state index in [-0.39, 0.29) is 0 Å². The number of para-hydroxylation sites is 4. The third-order valence-electron chi connectivity index (χ3n) is 12.1. The molecule has 0 spiro atoms. The van der Waals surface area contributed by atoms with Crippen LogP contribution in [0.4, 0.5) is 0 Å². The molecule has 9 aromatic carbocycles. The van der Waals surface area contributed by atoms with Crippen molar-refractivity contribution in [2.45, 2.75) is 0 Å². The van der Waals surface area contributed by atoms with Crippen LogP contribution >= 0.6 is 0 Å². The van der Waals surface area contributed by atoms with Crippen molar-refractivity contribution in [3.05, 3.63) is 194 Å². The number of nitrogens with zero attached hydrogens (tertiary/aromatic N) is 4. The first kappa shape index (κ1) is 32.1. The first-order valence-corrected chi connectivity index (χ1v) is 20.0. The third-order valence-corrected chi connectivity index (χ3v) is 12.1. The summed E-state index contributed by atoms with van der Waals surface area (Å²) in [6.07, 6.45) is 0. The van der Waals surface area contributed by atoms with E-state index >= 15 is 0 Å². The van der Waals surface area contributed by atoms with Crippen molar-refractivity contribution in [2.24, 2.45) is 0 Å². The van der Waals surface area contributed by atoms with Gasteiger partial charge < -0.3 is 8.98 Å². The number of rotatable bonds is 4. The highest BCUT2D eigenvalue weighted by molar-refractivity contribution is 6.20. The predicted molar refractivity (Wildman–Crippen MR) is 244 cm³/mol. The topological polar surface area (TPSA) is 48.8 Å². The van der Waals surface area contributed by atoms with E-state index in [1.165, 1.54) is 21.7 Å². The summed E-state index contributed by atoms with van der Waals surface area (Å²) in [6.45, 7) is 0. The zero-order chi connectivity index (χ0) is 38.6. The lowest BCUT2D eigenvalue weighted by molar-refractivity contribution is 0.669. The molecule has 0 unspecified atom stereocenters. The average molecular weight is 753 g/mol. The lowest BCUT2D eigenvalue weighted by atomic mass is 9.94. The Hall–Kier alpha value is -8.02. The Bertz CT molecular complexity index is 3840. The van der Waals surface area contributed by atoms with Crippen molar-refractivity contribution in [3.8, 4) is 34.0 Å². The minimum atomic E-state index is 0.615. The molecular formula is C54H32N4O. The summed E-state index contributed by atoms with van der Waals surface area (Å²) < 4.78 is 11.4. The van der Waals surface area contributed by atoms with Gasteiger partial charge in [-0.15, -0.1) is 0 Å². The number of fused-ring (bicyclic) bond motifs is 11. The molecule has 274 valence electrons. The van der Waals surface area contributed by atoms with Crippen molar-refractivity contribution in [1.29, 1.82) is 0 Å². The lowest BCUT2D eigenvalue weighted by Crippen LogP contribution is -2.03. The van der Waals surface area contributed by atoms with E-state index in [0.717, 1.165) is 93.6 Å². The summed E-state index contributed by atoms with van der Waals surface area (Å²) in [5, 5.41) is 10.2. The maximum Gasteiger partial charge on any atom is 0.235 e.